The van der Waals surface area contributed by atoms with Crippen LogP contribution in [-0.2, 0) is 4.79 Å². The number of nitrogens with zero attached hydrogens (tertiary/aromatic N) is 1. The van der Waals surface area contributed by atoms with Crippen LogP contribution in [0, 0.1) is 6.92 Å². The van der Waals surface area contributed by atoms with Gasteiger partial charge in [0.05, 0.1) is 12.8 Å². The van der Waals surface area contributed by atoms with E-state index in [2.05, 4.69) is 10.3 Å². The largest absolute Gasteiger partial charge is 0.497 e. The lowest BCUT2D eigenvalue weighted by Gasteiger charge is -2.01. The number of aromatic nitrogens is 1. The topological polar surface area (TPSA) is 51.2 Å². The Kier molecular flexibility index (Phi) is 5.08. The number of anilines is 1. The molecule has 6 heteroatoms. The van der Waals surface area contributed by atoms with Crippen LogP contribution in [0.3, 0.4) is 0 Å². The van der Waals surface area contributed by atoms with E-state index < -0.39 is 0 Å². The first kappa shape index (κ1) is 16.4. The second-order valence-corrected chi connectivity index (χ2v) is 7.17. The van der Waals surface area contributed by atoms with Gasteiger partial charge < -0.3 is 4.74 Å². The average Bonchev–Trinajstić information content (AvgIpc) is 3.23. The van der Waals surface area contributed by atoms with Gasteiger partial charge in [0, 0.05) is 21.4 Å². The van der Waals surface area contributed by atoms with Crippen LogP contribution >= 0.6 is 22.7 Å². The van der Waals surface area contributed by atoms with Gasteiger partial charge in [0.25, 0.3) is 0 Å². The van der Waals surface area contributed by atoms with E-state index in [9.17, 15) is 4.79 Å². The molecule has 0 saturated heterocycles. The minimum Gasteiger partial charge on any atom is -0.497 e. The highest BCUT2D eigenvalue weighted by Crippen LogP contribution is 2.31. The molecular formula is C18H16N2O2S2. The summed E-state index contributed by atoms with van der Waals surface area (Å²) in [5.41, 5.74) is 1.87. The number of ether oxygens (including phenoxy) is 1. The van der Waals surface area contributed by atoms with Gasteiger partial charge in [0.2, 0.25) is 5.91 Å². The molecule has 0 spiro atoms. The first-order valence-electron chi connectivity index (χ1n) is 7.30. The molecule has 0 atom stereocenters. The van der Waals surface area contributed by atoms with E-state index in [0.29, 0.717) is 5.13 Å². The maximum Gasteiger partial charge on any atom is 0.250 e. The fourth-order valence-corrected chi connectivity index (χ4v) is 3.61. The van der Waals surface area contributed by atoms with E-state index in [4.69, 9.17) is 4.74 Å². The van der Waals surface area contributed by atoms with Crippen molar-refractivity contribution < 1.29 is 9.53 Å². The predicted molar refractivity (Wildman–Crippen MR) is 101 cm³/mol. The lowest BCUT2D eigenvalue weighted by Crippen LogP contribution is -2.07. The number of benzene rings is 1. The molecule has 0 bridgehead atoms. The van der Waals surface area contributed by atoms with Crippen LogP contribution in [0.25, 0.3) is 17.3 Å². The number of nitrogens with one attached hydrogen (secondary N) is 1. The number of carbonyl (C=O) groups excluding carboxylic acids is 1. The first-order valence-corrected chi connectivity index (χ1v) is 9.00. The number of carbonyl (C=O) groups is 1. The van der Waals surface area contributed by atoms with Gasteiger partial charge in [-0.05, 0) is 48.7 Å². The molecule has 2 aromatic heterocycles. The number of thiazole rings is 1. The second kappa shape index (κ2) is 7.42. The molecule has 3 aromatic rings. The van der Waals surface area contributed by atoms with Gasteiger partial charge in [-0.25, -0.2) is 4.98 Å². The number of amides is 1. The van der Waals surface area contributed by atoms with Crippen molar-refractivity contribution in [2.45, 2.75) is 6.92 Å². The molecule has 24 heavy (non-hydrogen) atoms. The number of rotatable bonds is 5. The first-order chi connectivity index (χ1) is 11.7. The van der Waals surface area contributed by atoms with E-state index in [0.717, 1.165) is 26.8 Å². The molecule has 0 aliphatic carbocycles. The molecule has 0 aliphatic rings. The van der Waals surface area contributed by atoms with Crippen LogP contribution in [0.2, 0.25) is 0 Å². The van der Waals surface area contributed by atoms with Gasteiger partial charge in [-0.3, -0.25) is 10.1 Å². The van der Waals surface area contributed by atoms with Gasteiger partial charge in [-0.2, -0.15) is 0 Å². The smallest absolute Gasteiger partial charge is 0.250 e. The lowest BCUT2D eigenvalue weighted by molar-refractivity contribution is -0.111. The summed E-state index contributed by atoms with van der Waals surface area (Å²) in [6.45, 7) is 1.99. The van der Waals surface area contributed by atoms with Crippen LogP contribution in [-0.4, -0.2) is 18.0 Å². The van der Waals surface area contributed by atoms with Crippen molar-refractivity contribution >= 4 is 39.8 Å². The van der Waals surface area contributed by atoms with Crippen molar-refractivity contribution in [3.8, 4) is 17.0 Å². The van der Waals surface area contributed by atoms with Crippen molar-refractivity contribution in [2.24, 2.45) is 0 Å². The van der Waals surface area contributed by atoms with E-state index in [1.807, 2.05) is 48.7 Å². The molecule has 2 heterocycles. The molecule has 0 fully saturated rings. The minimum atomic E-state index is -0.182. The molecule has 0 saturated carbocycles. The fourth-order valence-electron chi connectivity index (χ4n) is 2.16. The van der Waals surface area contributed by atoms with Crippen LogP contribution in [0.1, 0.15) is 9.75 Å². The van der Waals surface area contributed by atoms with Crippen LogP contribution in [0.5, 0.6) is 5.75 Å². The van der Waals surface area contributed by atoms with Crippen molar-refractivity contribution in [1.82, 2.24) is 4.98 Å². The Morgan fingerprint density at radius 1 is 1.25 bits per heavy atom. The average molecular weight is 356 g/mol. The Hall–Kier alpha value is -2.44. The normalized spacial score (nSPS) is 10.9. The fraction of sp³-hybridized carbons (Fsp3) is 0.111. The van der Waals surface area contributed by atoms with E-state index in [1.165, 1.54) is 17.4 Å². The highest BCUT2D eigenvalue weighted by atomic mass is 32.1. The molecule has 1 aromatic carbocycles. The number of hydrogen-bond acceptors (Lipinski definition) is 5. The Morgan fingerprint density at radius 3 is 2.71 bits per heavy atom. The number of hydrogen-bond donors (Lipinski definition) is 1. The second-order valence-electron chi connectivity index (χ2n) is 4.99. The van der Waals surface area contributed by atoms with Crippen LogP contribution < -0.4 is 10.1 Å². The maximum absolute atomic E-state index is 12.0. The Balaban J connectivity index is 1.72. The lowest BCUT2D eigenvalue weighted by atomic mass is 10.1. The molecule has 0 unspecified atom stereocenters. The molecule has 1 amide bonds. The molecular weight excluding hydrogens is 340 g/mol. The molecule has 4 nitrogen and oxygen atoms in total. The summed E-state index contributed by atoms with van der Waals surface area (Å²) < 4.78 is 5.17. The van der Waals surface area contributed by atoms with Crippen LogP contribution in [0.15, 0.2) is 47.9 Å². The summed E-state index contributed by atoms with van der Waals surface area (Å²) >= 11 is 3.05. The zero-order valence-electron chi connectivity index (χ0n) is 13.3. The molecule has 0 aliphatic heterocycles. The number of aryl methyl sites for hydroxylation is 1. The highest BCUT2D eigenvalue weighted by Gasteiger charge is 2.11. The van der Waals surface area contributed by atoms with Gasteiger partial charge in [0.15, 0.2) is 5.13 Å². The Bertz CT molecular complexity index is 850. The summed E-state index contributed by atoms with van der Waals surface area (Å²) in [5.74, 6) is 0.623. The predicted octanol–water partition coefficient (Wildman–Crippen LogP) is 4.84. The quantitative estimate of drug-likeness (QED) is 0.666. The van der Waals surface area contributed by atoms with Gasteiger partial charge >= 0.3 is 0 Å². The highest BCUT2D eigenvalue weighted by molar-refractivity contribution is 7.16. The van der Waals surface area contributed by atoms with Crippen molar-refractivity contribution in [1.29, 1.82) is 0 Å². The summed E-state index contributed by atoms with van der Waals surface area (Å²) in [6.07, 6.45) is 3.32. The summed E-state index contributed by atoms with van der Waals surface area (Å²) in [7, 11) is 1.64. The summed E-state index contributed by atoms with van der Waals surface area (Å²) in [5, 5.41) is 5.39. The van der Waals surface area contributed by atoms with Crippen molar-refractivity contribution in [2.75, 3.05) is 12.4 Å². The minimum absolute atomic E-state index is 0.182. The zero-order valence-corrected chi connectivity index (χ0v) is 14.9. The SMILES string of the molecule is COc1ccc(-c2nc(NC(=O)C=Cc3cccs3)sc2C)cc1. The molecule has 122 valence electrons. The standard InChI is InChI=1S/C18H16N2O2S2/c1-12-17(13-5-7-14(22-2)8-6-13)20-18(24-12)19-16(21)10-9-15-4-3-11-23-15/h3-11H,1-2H3,(H,19,20,21). The third-order valence-electron chi connectivity index (χ3n) is 3.33. The van der Waals surface area contributed by atoms with Gasteiger partial charge in [-0.1, -0.05) is 6.07 Å². The van der Waals surface area contributed by atoms with Crippen LogP contribution in [0.4, 0.5) is 5.13 Å². The Labute approximate surface area is 148 Å². The zero-order chi connectivity index (χ0) is 16.9. The van der Waals surface area contributed by atoms with Gasteiger partial charge in [-0.15, -0.1) is 22.7 Å². The summed E-state index contributed by atoms with van der Waals surface area (Å²) in [6, 6.07) is 11.6. The molecule has 3 rings (SSSR count). The molecule has 1 N–H and O–H groups in total. The maximum atomic E-state index is 12.0. The van der Waals surface area contributed by atoms with Crippen molar-refractivity contribution in [3.05, 3.63) is 57.6 Å². The number of thiophene rings is 1. The van der Waals surface area contributed by atoms with Gasteiger partial charge in [0.1, 0.15) is 5.75 Å². The van der Waals surface area contributed by atoms with E-state index in [-0.39, 0.29) is 5.91 Å². The van der Waals surface area contributed by atoms with Crippen molar-refractivity contribution in [3.63, 3.8) is 0 Å². The molecule has 0 radical (unpaired) electrons. The van der Waals surface area contributed by atoms with E-state index in [1.54, 1.807) is 24.5 Å². The third kappa shape index (κ3) is 3.90. The third-order valence-corrected chi connectivity index (χ3v) is 5.06. The Morgan fingerprint density at radius 2 is 2.04 bits per heavy atom. The summed E-state index contributed by atoms with van der Waals surface area (Å²) in [4.78, 5) is 18.6. The number of methoxy groups -OCH3 is 1. The van der Waals surface area contributed by atoms with E-state index >= 15 is 0 Å². The monoisotopic (exact) mass is 356 g/mol.